The summed E-state index contributed by atoms with van der Waals surface area (Å²) in [7, 11) is 0. The number of thioether (sulfide) groups is 1. The van der Waals surface area contributed by atoms with Crippen LogP contribution in [0.5, 0.6) is 0 Å². The molecule has 0 aliphatic carbocycles. The van der Waals surface area contributed by atoms with Gasteiger partial charge in [0.05, 0.1) is 0 Å². The molecule has 0 aromatic heterocycles. The lowest BCUT2D eigenvalue weighted by Crippen LogP contribution is -2.53. The summed E-state index contributed by atoms with van der Waals surface area (Å²) in [6.45, 7) is 0. The van der Waals surface area contributed by atoms with Gasteiger partial charge in [0.1, 0.15) is 0 Å². The van der Waals surface area contributed by atoms with Gasteiger partial charge in [0.25, 0.3) is 0 Å². The van der Waals surface area contributed by atoms with Gasteiger partial charge in [0.2, 0.25) is 0 Å². The Labute approximate surface area is 97.0 Å². The van der Waals surface area contributed by atoms with E-state index in [9.17, 15) is 0 Å². The third kappa shape index (κ3) is 1.94. The molecule has 2 bridgehead atoms. The second-order valence-electron chi connectivity index (χ2n) is 5.43. The van der Waals surface area contributed by atoms with Gasteiger partial charge < -0.3 is 5.73 Å². The maximum atomic E-state index is 6.12. The molecular weight excluding hydrogens is 204 g/mol. The highest BCUT2D eigenvalue weighted by atomic mass is 32.2. The van der Waals surface area contributed by atoms with Crippen LogP contribution in [-0.2, 0) is 0 Å². The molecule has 3 aliphatic rings. The van der Waals surface area contributed by atoms with Crippen LogP contribution in [0.15, 0.2) is 0 Å². The van der Waals surface area contributed by atoms with Gasteiger partial charge in [-0.15, -0.1) is 0 Å². The minimum atomic E-state index is 0.495. The average Bonchev–Trinajstić information content (AvgIpc) is 2.53. The first-order valence-electron chi connectivity index (χ1n) is 6.45. The molecule has 2 nitrogen and oxygen atoms in total. The zero-order valence-electron chi connectivity index (χ0n) is 9.40. The van der Waals surface area contributed by atoms with Crippen LogP contribution in [0, 0.1) is 0 Å². The standard InChI is InChI=1S/C12H22N2S/c13-9-6-10-3-4-11(7-9)14(10)12-2-1-5-15-8-12/h9-12H,1-8,13H2. The number of hydrogen-bond acceptors (Lipinski definition) is 3. The van der Waals surface area contributed by atoms with Crippen molar-refractivity contribution in [1.82, 2.24) is 4.90 Å². The summed E-state index contributed by atoms with van der Waals surface area (Å²) < 4.78 is 0. The van der Waals surface area contributed by atoms with Crippen molar-refractivity contribution in [2.75, 3.05) is 11.5 Å². The van der Waals surface area contributed by atoms with E-state index >= 15 is 0 Å². The summed E-state index contributed by atoms with van der Waals surface area (Å²) in [5.41, 5.74) is 6.12. The van der Waals surface area contributed by atoms with Crippen LogP contribution in [-0.4, -0.2) is 40.6 Å². The van der Waals surface area contributed by atoms with Crippen LogP contribution in [0.4, 0.5) is 0 Å². The second kappa shape index (κ2) is 4.27. The molecule has 0 aromatic rings. The third-order valence-corrected chi connectivity index (χ3v) is 5.58. The van der Waals surface area contributed by atoms with Crippen LogP contribution < -0.4 is 5.73 Å². The lowest BCUT2D eigenvalue weighted by Gasteiger charge is -2.44. The van der Waals surface area contributed by atoms with Gasteiger partial charge in [0.15, 0.2) is 0 Å². The zero-order chi connectivity index (χ0) is 10.3. The highest BCUT2D eigenvalue weighted by Gasteiger charge is 2.42. The van der Waals surface area contributed by atoms with Gasteiger partial charge in [-0.2, -0.15) is 11.8 Å². The fourth-order valence-corrected chi connectivity index (χ4v) is 4.96. The molecule has 0 amide bonds. The molecule has 0 radical (unpaired) electrons. The highest BCUT2D eigenvalue weighted by Crippen LogP contribution is 2.39. The molecule has 3 atom stereocenters. The van der Waals surface area contributed by atoms with Gasteiger partial charge in [-0.3, -0.25) is 4.90 Å². The molecule has 3 aliphatic heterocycles. The van der Waals surface area contributed by atoms with Crippen molar-refractivity contribution in [1.29, 1.82) is 0 Å². The van der Waals surface area contributed by atoms with Crippen LogP contribution in [0.2, 0.25) is 0 Å². The summed E-state index contributed by atoms with van der Waals surface area (Å²) in [6, 6.07) is 3.05. The summed E-state index contributed by atoms with van der Waals surface area (Å²) in [5, 5.41) is 0. The second-order valence-corrected chi connectivity index (χ2v) is 6.58. The number of fused-ring (bicyclic) bond motifs is 2. The van der Waals surface area contributed by atoms with E-state index in [0.717, 1.165) is 18.1 Å². The first-order valence-corrected chi connectivity index (χ1v) is 7.61. The molecule has 0 saturated carbocycles. The Balaban J connectivity index is 1.70. The van der Waals surface area contributed by atoms with E-state index in [1.165, 1.54) is 50.0 Å². The van der Waals surface area contributed by atoms with Crippen LogP contribution in [0.25, 0.3) is 0 Å². The Morgan fingerprint density at radius 3 is 2.33 bits per heavy atom. The van der Waals surface area contributed by atoms with Crippen LogP contribution >= 0.6 is 11.8 Å². The van der Waals surface area contributed by atoms with Crippen LogP contribution in [0.3, 0.4) is 0 Å². The van der Waals surface area contributed by atoms with E-state index in [2.05, 4.69) is 16.7 Å². The number of nitrogens with two attached hydrogens (primary N) is 1. The summed E-state index contributed by atoms with van der Waals surface area (Å²) in [5.74, 6) is 2.77. The topological polar surface area (TPSA) is 29.3 Å². The molecule has 3 heteroatoms. The Morgan fingerprint density at radius 1 is 1.00 bits per heavy atom. The lowest BCUT2D eigenvalue weighted by molar-refractivity contribution is 0.0819. The Bertz CT molecular complexity index is 214. The Hall–Kier alpha value is 0.270. The molecule has 86 valence electrons. The fraction of sp³-hybridized carbons (Fsp3) is 1.00. The molecule has 3 fully saturated rings. The van der Waals surface area contributed by atoms with Crippen molar-refractivity contribution < 1.29 is 0 Å². The Kier molecular flexibility index (Phi) is 2.97. The molecule has 3 unspecified atom stereocenters. The molecule has 0 aromatic carbocycles. The van der Waals surface area contributed by atoms with Gasteiger partial charge in [-0.05, 0) is 44.3 Å². The number of rotatable bonds is 1. The zero-order valence-corrected chi connectivity index (χ0v) is 10.2. The molecule has 3 rings (SSSR count). The smallest absolute Gasteiger partial charge is 0.0192 e. The van der Waals surface area contributed by atoms with Gasteiger partial charge >= 0.3 is 0 Å². The first kappa shape index (κ1) is 10.4. The maximum absolute atomic E-state index is 6.12. The van der Waals surface area contributed by atoms with Crippen molar-refractivity contribution in [2.24, 2.45) is 5.73 Å². The van der Waals surface area contributed by atoms with E-state index in [1.807, 2.05) is 0 Å². The lowest BCUT2D eigenvalue weighted by atomic mass is 9.95. The molecule has 0 spiro atoms. The summed E-state index contributed by atoms with van der Waals surface area (Å²) in [6.07, 6.45) is 8.22. The third-order valence-electron chi connectivity index (χ3n) is 4.38. The largest absolute Gasteiger partial charge is 0.328 e. The van der Waals surface area contributed by atoms with Crippen molar-refractivity contribution in [3.8, 4) is 0 Å². The molecule has 3 saturated heterocycles. The van der Waals surface area contributed by atoms with Gasteiger partial charge in [-0.25, -0.2) is 0 Å². The predicted octanol–water partition coefficient (Wildman–Crippen LogP) is 1.84. The van der Waals surface area contributed by atoms with Crippen molar-refractivity contribution in [3.05, 3.63) is 0 Å². The maximum Gasteiger partial charge on any atom is 0.0192 e. The number of piperidine rings is 1. The number of hydrogen-bond donors (Lipinski definition) is 1. The molecule has 3 heterocycles. The highest BCUT2D eigenvalue weighted by molar-refractivity contribution is 7.99. The molecule has 15 heavy (non-hydrogen) atoms. The minimum Gasteiger partial charge on any atom is -0.328 e. The van der Waals surface area contributed by atoms with E-state index in [-0.39, 0.29) is 0 Å². The van der Waals surface area contributed by atoms with Crippen molar-refractivity contribution in [3.63, 3.8) is 0 Å². The first-order chi connectivity index (χ1) is 7.34. The quantitative estimate of drug-likeness (QED) is 0.740. The summed E-state index contributed by atoms with van der Waals surface area (Å²) in [4.78, 5) is 2.86. The van der Waals surface area contributed by atoms with E-state index in [4.69, 9.17) is 5.73 Å². The number of nitrogens with zero attached hydrogens (tertiary/aromatic N) is 1. The van der Waals surface area contributed by atoms with E-state index in [0.29, 0.717) is 6.04 Å². The SMILES string of the molecule is NC1CC2CCC(C1)N2C1CCCSC1. The monoisotopic (exact) mass is 226 g/mol. The normalized spacial score (nSPS) is 47.0. The fourth-order valence-electron chi connectivity index (χ4n) is 3.81. The average molecular weight is 226 g/mol. The van der Waals surface area contributed by atoms with Crippen molar-refractivity contribution in [2.45, 2.75) is 62.7 Å². The molecular formula is C12H22N2S. The Morgan fingerprint density at radius 2 is 1.73 bits per heavy atom. The predicted molar refractivity (Wildman–Crippen MR) is 66.2 cm³/mol. The van der Waals surface area contributed by atoms with Gasteiger partial charge in [0, 0.05) is 29.9 Å². The van der Waals surface area contributed by atoms with Gasteiger partial charge in [-0.1, -0.05) is 0 Å². The van der Waals surface area contributed by atoms with Crippen molar-refractivity contribution >= 4 is 11.8 Å². The molecule has 2 N–H and O–H groups in total. The minimum absolute atomic E-state index is 0.495. The summed E-state index contributed by atoms with van der Waals surface area (Å²) >= 11 is 2.16. The van der Waals surface area contributed by atoms with E-state index in [1.54, 1.807) is 0 Å². The van der Waals surface area contributed by atoms with Crippen LogP contribution in [0.1, 0.15) is 38.5 Å². The van der Waals surface area contributed by atoms with E-state index < -0.39 is 0 Å².